The predicted octanol–water partition coefficient (Wildman–Crippen LogP) is 4.35. The van der Waals surface area contributed by atoms with E-state index in [1.54, 1.807) is 31.4 Å². The highest BCUT2D eigenvalue weighted by atomic mass is 32.1. The van der Waals surface area contributed by atoms with Crippen LogP contribution < -0.4 is 0 Å². The summed E-state index contributed by atoms with van der Waals surface area (Å²) in [4.78, 5) is 8.93. The van der Waals surface area contributed by atoms with Gasteiger partial charge in [0.15, 0.2) is 0 Å². The number of nitrogens with zero attached hydrogens (tertiary/aromatic N) is 3. The van der Waals surface area contributed by atoms with Gasteiger partial charge in [-0.1, -0.05) is 18.2 Å². The number of aliphatic hydroxyl groups is 1. The van der Waals surface area contributed by atoms with Crippen molar-refractivity contribution in [2.24, 2.45) is 0 Å². The van der Waals surface area contributed by atoms with Crippen LogP contribution in [0.15, 0.2) is 60.4 Å². The molecule has 0 spiro atoms. The summed E-state index contributed by atoms with van der Waals surface area (Å²) in [6.45, 7) is 3.59. The van der Waals surface area contributed by atoms with Gasteiger partial charge in [0.05, 0.1) is 5.60 Å². The van der Waals surface area contributed by atoms with E-state index in [-0.39, 0.29) is 0 Å². The van der Waals surface area contributed by atoms with Gasteiger partial charge in [0.25, 0.3) is 0 Å². The lowest BCUT2D eigenvalue weighted by molar-refractivity contribution is 0.0786. The van der Waals surface area contributed by atoms with Crippen molar-refractivity contribution in [3.63, 3.8) is 0 Å². The molecule has 0 aliphatic carbocycles. The zero-order chi connectivity index (χ0) is 16.7. The van der Waals surface area contributed by atoms with Crippen LogP contribution in [0.5, 0.6) is 0 Å². The van der Waals surface area contributed by atoms with E-state index in [9.17, 15) is 5.11 Å². The molecule has 0 amide bonds. The van der Waals surface area contributed by atoms with Crippen molar-refractivity contribution in [2.45, 2.75) is 19.4 Å². The van der Waals surface area contributed by atoms with Gasteiger partial charge >= 0.3 is 0 Å². The highest BCUT2D eigenvalue weighted by molar-refractivity contribution is 7.13. The summed E-state index contributed by atoms with van der Waals surface area (Å²) in [5.74, 6) is 0. The lowest BCUT2D eigenvalue weighted by Crippen LogP contribution is -2.15. The molecule has 0 fully saturated rings. The van der Waals surface area contributed by atoms with Crippen molar-refractivity contribution in [3.8, 4) is 21.8 Å². The highest BCUT2D eigenvalue weighted by Crippen LogP contribution is 2.27. The van der Waals surface area contributed by atoms with E-state index in [1.165, 1.54) is 0 Å². The van der Waals surface area contributed by atoms with Crippen LogP contribution in [-0.4, -0.2) is 19.5 Å². The van der Waals surface area contributed by atoms with Crippen LogP contribution in [-0.2, 0) is 5.60 Å². The predicted molar refractivity (Wildman–Crippen MR) is 97.0 cm³/mol. The molecule has 4 aromatic rings. The first kappa shape index (κ1) is 15.1. The van der Waals surface area contributed by atoms with E-state index in [0.717, 1.165) is 33.0 Å². The van der Waals surface area contributed by atoms with Gasteiger partial charge in [0.2, 0.25) is 0 Å². The minimum Gasteiger partial charge on any atom is -0.386 e. The molecule has 0 bridgehead atoms. The Labute approximate surface area is 144 Å². The van der Waals surface area contributed by atoms with Gasteiger partial charge in [-0.05, 0) is 48.7 Å². The van der Waals surface area contributed by atoms with Crippen LogP contribution in [0.2, 0.25) is 0 Å². The Hall–Kier alpha value is -2.50. The number of fused-ring (bicyclic) bond motifs is 1. The van der Waals surface area contributed by atoms with Crippen molar-refractivity contribution in [2.75, 3.05) is 0 Å². The Balaban J connectivity index is 1.78. The second-order valence-corrected chi connectivity index (χ2v) is 7.18. The Bertz CT molecular complexity index is 997. The van der Waals surface area contributed by atoms with Crippen molar-refractivity contribution in [1.29, 1.82) is 0 Å². The van der Waals surface area contributed by atoms with Crippen LogP contribution in [0.4, 0.5) is 0 Å². The second-order valence-electron chi connectivity index (χ2n) is 6.29. The first-order valence-electron chi connectivity index (χ1n) is 7.73. The number of hydrogen-bond donors (Lipinski definition) is 1. The molecular weight excluding hydrogens is 318 g/mol. The first-order chi connectivity index (χ1) is 11.5. The molecule has 3 heterocycles. The molecule has 0 radical (unpaired) electrons. The number of pyridine rings is 1. The first-order valence-corrected chi connectivity index (χ1v) is 8.60. The van der Waals surface area contributed by atoms with Crippen LogP contribution in [0.1, 0.15) is 19.4 Å². The van der Waals surface area contributed by atoms with Crippen LogP contribution in [0, 0.1) is 0 Å². The quantitative estimate of drug-likeness (QED) is 0.605. The molecule has 4 nitrogen and oxygen atoms in total. The summed E-state index contributed by atoms with van der Waals surface area (Å²) in [5, 5.41) is 13.1. The maximum absolute atomic E-state index is 10.2. The van der Waals surface area contributed by atoms with Crippen molar-refractivity contribution < 1.29 is 5.11 Å². The Morgan fingerprint density at radius 1 is 1.08 bits per heavy atom. The van der Waals surface area contributed by atoms with Crippen molar-refractivity contribution in [1.82, 2.24) is 14.4 Å². The number of hydrogen-bond acceptors (Lipinski definition) is 4. The number of benzene rings is 1. The average Bonchev–Trinajstić information content (AvgIpc) is 3.22. The van der Waals surface area contributed by atoms with Crippen LogP contribution in [0.25, 0.3) is 27.5 Å². The van der Waals surface area contributed by atoms with Gasteiger partial charge in [-0.3, -0.25) is 0 Å². The van der Waals surface area contributed by atoms with Gasteiger partial charge in [-0.25, -0.2) is 9.97 Å². The molecule has 1 N–H and O–H groups in total. The minimum atomic E-state index is -0.854. The molecule has 5 heteroatoms. The smallest absolute Gasteiger partial charge is 0.143 e. The van der Waals surface area contributed by atoms with E-state index in [1.807, 2.05) is 40.2 Å². The van der Waals surface area contributed by atoms with Crippen molar-refractivity contribution >= 4 is 17.0 Å². The maximum Gasteiger partial charge on any atom is 0.143 e. The summed E-state index contributed by atoms with van der Waals surface area (Å²) in [5.41, 5.74) is 3.97. The molecule has 1 aromatic carbocycles. The van der Waals surface area contributed by atoms with E-state index in [4.69, 9.17) is 0 Å². The van der Waals surface area contributed by atoms with Gasteiger partial charge in [0, 0.05) is 24.0 Å². The third kappa shape index (κ3) is 2.72. The van der Waals surface area contributed by atoms with Gasteiger partial charge in [-0.15, -0.1) is 11.3 Å². The monoisotopic (exact) mass is 335 g/mol. The molecule has 0 atom stereocenters. The fourth-order valence-corrected chi connectivity index (χ4v) is 3.29. The zero-order valence-electron chi connectivity index (χ0n) is 13.5. The molecule has 0 aliphatic rings. The third-order valence-corrected chi connectivity index (χ3v) is 4.80. The van der Waals surface area contributed by atoms with Gasteiger partial charge in [-0.2, -0.15) is 0 Å². The maximum atomic E-state index is 10.2. The summed E-state index contributed by atoms with van der Waals surface area (Å²) in [6, 6.07) is 12.1. The topological polar surface area (TPSA) is 50.4 Å². The summed E-state index contributed by atoms with van der Waals surface area (Å²) in [6.07, 6.45) is 5.85. The standard InChI is InChI=1S/C19H17N3OS/c1-19(2,23)15-5-3-4-13(10-15)14-6-7-17-21-16(12-22(17)11-14)18-20-8-9-24-18/h3-12,23H,1-2H3. The van der Waals surface area contributed by atoms with Crippen LogP contribution in [0.3, 0.4) is 0 Å². The Morgan fingerprint density at radius 3 is 2.71 bits per heavy atom. The fourth-order valence-electron chi connectivity index (χ4n) is 2.69. The molecular formula is C19H17N3OS. The SMILES string of the molecule is CC(C)(O)c1cccc(-c2ccc3nc(-c4nccs4)cn3c2)c1. The number of thiazole rings is 1. The fraction of sp³-hybridized carbons (Fsp3) is 0.158. The molecule has 24 heavy (non-hydrogen) atoms. The Kier molecular flexibility index (Phi) is 3.48. The second kappa shape index (κ2) is 5.54. The molecule has 0 aliphatic heterocycles. The molecule has 0 saturated carbocycles. The molecule has 120 valence electrons. The summed E-state index contributed by atoms with van der Waals surface area (Å²) >= 11 is 1.58. The number of aromatic nitrogens is 3. The van der Waals surface area contributed by atoms with Crippen molar-refractivity contribution in [3.05, 3.63) is 65.9 Å². The summed E-state index contributed by atoms with van der Waals surface area (Å²) in [7, 11) is 0. The minimum absolute atomic E-state index is 0.854. The molecule has 4 rings (SSSR count). The van der Waals surface area contributed by atoms with E-state index >= 15 is 0 Å². The normalized spacial score (nSPS) is 12.0. The lowest BCUT2D eigenvalue weighted by atomic mass is 9.95. The number of imidazole rings is 1. The molecule has 0 unspecified atom stereocenters. The van der Waals surface area contributed by atoms with Crippen LogP contribution >= 0.6 is 11.3 Å². The van der Waals surface area contributed by atoms with E-state index < -0.39 is 5.60 Å². The zero-order valence-corrected chi connectivity index (χ0v) is 14.3. The largest absolute Gasteiger partial charge is 0.386 e. The van der Waals surface area contributed by atoms with Gasteiger partial charge < -0.3 is 9.51 Å². The van der Waals surface area contributed by atoms with Gasteiger partial charge in [0.1, 0.15) is 16.3 Å². The Morgan fingerprint density at radius 2 is 1.96 bits per heavy atom. The van der Waals surface area contributed by atoms with E-state index in [0.29, 0.717) is 0 Å². The highest BCUT2D eigenvalue weighted by Gasteiger charge is 2.16. The molecule has 0 saturated heterocycles. The summed E-state index contributed by atoms with van der Waals surface area (Å²) < 4.78 is 2.02. The average molecular weight is 335 g/mol. The van der Waals surface area contributed by atoms with E-state index in [2.05, 4.69) is 28.3 Å². The third-order valence-electron chi connectivity index (χ3n) is 4.00. The molecule has 3 aromatic heterocycles. The number of rotatable bonds is 3. The lowest BCUT2D eigenvalue weighted by Gasteiger charge is -2.18.